The van der Waals surface area contributed by atoms with Crippen LogP contribution in [-0.4, -0.2) is 21.5 Å². The zero-order valence-electron chi connectivity index (χ0n) is 11.8. The Morgan fingerprint density at radius 1 is 1.40 bits per heavy atom. The van der Waals surface area contributed by atoms with Crippen LogP contribution in [-0.2, 0) is 16.6 Å². The third-order valence-corrected chi connectivity index (χ3v) is 4.82. The van der Waals surface area contributed by atoms with Gasteiger partial charge < -0.3 is 5.32 Å². The number of rotatable bonds is 7. The normalized spacial score (nSPS) is 13.4. The van der Waals surface area contributed by atoms with Crippen molar-refractivity contribution in [2.24, 2.45) is 0 Å². The molecule has 0 spiro atoms. The number of nitrogens with one attached hydrogen (secondary N) is 2. The molecule has 0 radical (unpaired) electrons. The van der Waals surface area contributed by atoms with Gasteiger partial charge in [-0.1, -0.05) is 24.9 Å². The van der Waals surface area contributed by atoms with Crippen LogP contribution in [0.5, 0.6) is 0 Å². The predicted molar refractivity (Wildman–Crippen MR) is 78.9 cm³/mol. The summed E-state index contributed by atoms with van der Waals surface area (Å²) in [5.74, 6) is -0.733. The number of halogens is 2. The van der Waals surface area contributed by atoms with Crippen molar-refractivity contribution in [1.82, 2.24) is 10.0 Å². The molecule has 2 N–H and O–H groups in total. The lowest BCUT2D eigenvalue weighted by molar-refractivity contribution is 0.542. The molecule has 0 saturated carbocycles. The largest absolute Gasteiger partial charge is 0.316 e. The monoisotopic (exact) mass is 322 g/mol. The van der Waals surface area contributed by atoms with E-state index in [1.807, 2.05) is 6.92 Å². The Kier molecular flexibility index (Phi) is 6.39. The van der Waals surface area contributed by atoms with Gasteiger partial charge >= 0.3 is 0 Å². The van der Waals surface area contributed by atoms with Crippen LogP contribution >= 0.6 is 11.6 Å². The van der Waals surface area contributed by atoms with Crippen LogP contribution in [0.2, 0.25) is 5.02 Å². The van der Waals surface area contributed by atoms with Crippen LogP contribution in [0.4, 0.5) is 4.39 Å². The van der Waals surface area contributed by atoms with Crippen molar-refractivity contribution >= 4 is 21.6 Å². The summed E-state index contributed by atoms with van der Waals surface area (Å²) in [4.78, 5) is -0.104. The predicted octanol–water partition coefficient (Wildman–Crippen LogP) is 2.67. The molecule has 0 aliphatic carbocycles. The Morgan fingerprint density at radius 2 is 2.05 bits per heavy atom. The molecular formula is C13H20ClFN2O2S. The van der Waals surface area contributed by atoms with Gasteiger partial charge in [-0.15, -0.1) is 0 Å². The highest BCUT2D eigenvalue weighted by molar-refractivity contribution is 7.89. The van der Waals surface area contributed by atoms with Crippen molar-refractivity contribution in [3.63, 3.8) is 0 Å². The molecule has 20 heavy (non-hydrogen) atoms. The Bertz CT molecular complexity index is 564. The van der Waals surface area contributed by atoms with Crippen LogP contribution in [0.25, 0.3) is 0 Å². The molecule has 0 fully saturated rings. The van der Waals surface area contributed by atoms with E-state index in [2.05, 4.69) is 10.0 Å². The van der Waals surface area contributed by atoms with Crippen molar-refractivity contribution in [3.05, 3.63) is 28.5 Å². The minimum absolute atomic E-state index is 0.0556. The second kappa shape index (κ2) is 7.36. The zero-order valence-corrected chi connectivity index (χ0v) is 13.4. The van der Waals surface area contributed by atoms with Crippen molar-refractivity contribution in [1.29, 1.82) is 0 Å². The van der Waals surface area contributed by atoms with Crippen LogP contribution in [0.3, 0.4) is 0 Å². The van der Waals surface area contributed by atoms with Crippen molar-refractivity contribution in [2.45, 2.75) is 44.2 Å². The van der Waals surface area contributed by atoms with E-state index < -0.39 is 15.8 Å². The fourth-order valence-electron chi connectivity index (χ4n) is 1.92. The third-order valence-electron chi connectivity index (χ3n) is 2.83. The number of hydrogen-bond acceptors (Lipinski definition) is 3. The molecule has 0 bridgehead atoms. The summed E-state index contributed by atoms with van der Waals surface area (Å²) < 4.78 is 40.7. The fraction of sp³-hybridized carbons (Fsp3) is 0.538. The van der Waals surface area contributed by atoms with Crippen LogP contribution in [0.15, 0.2) is 17.0 Å². The molecular weight excluding hydrogens is 303 g/mol. The SMILES string of the molecule is CCCC(C)NS(=O)(=O)c1cc(F)c(Cl)c(CNC)c1. The maximum atomic E-state index is 13.7. The first-order valence-electron chi connectivity index (χ1n) is 6.46. The molecule has 4 nitrogen and oxygen atoms in total. The fourth-order valence-corrected chi connectivity index (χ4v) is 3.43. The van der Waals surface area contributed by atoms with E-state index in [9.17, 15) is 12.8 Å². The summed E-state index contributed by atoms with van der Waals surface area (Å²) in [6, 6.07) is 2.14. The number of benzene rings is 1. The molecule has 7 heteroatoms. The highest BCUT2D eigenvalue weighted by Crippen LogP contribution is 2.24. The van der Waals surface area contributed by atoms with Crippen LogP contribution in [0.1, 0.15) is 32.3 Å². The highest BCUT2D eigenvalue weighted by atomic mass is 35.5. The standard InChI is InChI=1S/C13H20ClFN2O2S/c1-4-5-9(2)17-20(18,19)11-6-10(8-16-3)13(14)12(15)7-11/h6-7,9,16-17H,4-5,8H2,1-3H3. The summed E-state index contributed by atoms with van der Waals surface area (Å²) in [5.41, 5.74) is 0.415. The summed E-state index contributed by atoms with van der Waals surface area (Å²) in [5, 5.41) is 2.77. The van der Waals surface area contributed by atoms with Gasteiger partial charge in [-0.3, -0.25) is 0 Å². The van der Waals surface area contributed by atoms with Gasteiger partial charge in [-0.2, -0.15) is 0 Å². The lowest BCUT2D eigenvalue weighted by Crippen LogP contribution is -2.32. The van der Waals surface area contributed by atoms with E-state index >= 15 is 0 Å². The van der Waals surface area contributed by atoms with E-state index in [1.165, 1.54) is 6.07 Å². The topological polar surface area (TPSA) is 58.2 Å². The molecule has 114 valence electrons. The van der Waals surface area contributed by atoms with Gasteiger partial charge in [0.2, 0.25) is 10.0 Å². The van der Waals surface area contributed by atoms with Crippen molar-refractivity contribution in [2.75, 3.05) is 7.05 Å². The molecule has 0 heterocycles. The molecule has 0 aromatic heterocycles. The van der Waals surface area contributed by atoms with Gasteiger partial charge in [0.1, 0.15) is 5.82 Å². The second-order valence-corrected chi connectivity index (χ2v) is 6.81. The highest BCUT2D eigenvalue weighted by Gasteiger charge is 2.20. The van der Waals surface area contributed by atoms with E-state index in [4.69, 9.17) is 11.6 Å². The second-order valence-electron chi connectivity index (χ2n) is 4.72. The summed E-state index contributed by atoms with van der Waals surface area (Å²) >= 11 is 5.82. The van der Waals surface area contributed by atoms with Crippen LogP contribution in [0, 0.1) is 5.82 Å². The third kappa shape index (κ3) is 4.41. The van der Waals surface area contributed by atoms with Gasteiger partial charge in [-0.05, 0) is 38.1 Å². The molecule has 1 aromatic carbocycles. The van der Waals surface area contributed by atoms with Crippen molar-refractivity contribution < 1.29 is 12.8 Å². The minimum Gasteiger partial charge on any atom is -0.316 e. The molecule has 1 atom stereocenters. The van der Waals surface area contributed by atoms with Crippen molar-refractivity contribution in [3.8, 4) is 0 Å². The maximum absolute atomic E-state index is 13.7. The van der Waals surface area contributed by atoms with Gasteiger partial charge in [0.25, 0.3) is 0 Å². The lowest BCUT2D eigenvalue weighted by Gasteiger charge is -2.14. The molecule has 1 unspecified atom stereocenters. The molecule has 0 aliphatic heterocycles. The van der Waals surface area contributed by atoms with Gasteiger partial charge in [0, 0.05) is 12.6 Å². The molecule has 0 aliphatic rings. The Morgan fingerprint density at radius 3 is 2.60 bits per heavy atom. The first-order valence-corrected chi connectivity index (χ1v) is 8.32. The zero-order chi connectivity index (χ0) is 15.3. The smallest absolute Gasteiger partial charge is 0.240 e. The van der Waals surface area contributed by atoms with E-state index in [-0.39, 0.29) is 16.0 Å². The lowest BCUT2D eigenvalue weighted by atomic mass is 10.2. The van der Waals surface area contributed by atoms with Gasteiger partial charge in [0.05, 0.1) is 9.92 Å². The molecule has 0 amide bonds. The summed E-state index contributed by atoms with van der Waals surface area (Å²) in [7, 11) is -2.06. The first-order chi connectivity index (χ1) is 9.31. The summed E-state index contributed by atoms with van der Waals surface area (Å²) in [6.45, 7) is 4.04. The minimum atomic E-state index is -3.74. The quantitative estimate of drug-likeness (QED) is 0.811. The maximum Gasteiger partial charge on any atom is 0.240 e. The van der Waals surface area contributed by atoms with Crippen LogP contribution < -0.4 is 10.0 Å². The van der Waals surface area contributed by atoms with E-state index in [0.29, 0.717) is 12.1 Å². The Hall–Kier alpha value is -0.690. The average Bonchev–Trinajstić information content (AvgIpc) is 2.34. The summed E-state index contributed by atoms with van der Waals surface area (Å²) in [6.07, 6.45) is 1.59. The first kappa shape index (κ1) is 17.4. The Labute approximate surface area is 124 Å². The average molecular weight is 323 g/mol. The van der Waals surface area contributed by atoms with Gasteiger partial charge in [0.15, 0.2) is 0 Å². The molecule has 1 rings (SSSR count). The van der Waals surface area contributed by atoms with E-state index in [1.54, 1.807) is 14.0 Å². The number of hydrogen-bond donors (Lipinski definition) is 2. The number of sulfonamides is 1. The molecule has 1 aromatic rings. The Balaban J connectivity index is 3.12. The van der Waals surface area contributed by atoms with Gasteiger partial charge in [-0.25, -0.2) is 17.5 Å². The van der Waals surface area contributed by atoms with E-state index in [0.717, 1.165) is 18.9 Å². The molecule has 0 saturated heterocycles.